The number of aryl methyl sites for hydroxylation is 1. The summed E-state index contributed by atoms with van der Waals surface area (Å²) in [4.78, 5) is 26.2. The highest BCUT2D eigenvalue weighted by atomic mass is 35.5. The second-order valence-corrected chi connectivity index (χ2v) is 8.93. The molecule has 1 aliphatic heterocycles. The molecule has 0 radical (unpaired) electrons. The minimum absolute atomic E-state index is 0.0711. The van der Waals surface area contributed by atoms with Gasteiger partial charge >= 0.3 is 0 Å². The zero-order valence-electron chi connectivity index (χ0n) is 19.8. The van der Waals surface area contributed by atoms with Crippen molar-refractivity contribution in [2.45, 2.75) is 19.8 Å². The number of hydrogen-bond donors (Lipinski definition) is 1. The first-order valence-electron chi connectivity index (χ1n) is 11.8. The number of aromatic nitrogens is 5. The van der Waals surface area contributed by atoms with Gasteiger partial charge < -0.3 is 9.47 Å². The van der Waals surface area contributed by atoms with Crippen LogP contribution in [0.15, 0.2) is 59.5 Å². The first-order chi connectivity index (χ1) is 18.0. The van der Waals surface area contributed by atoms with E-state index in [1.165, 1.54) is 6.20 Å². The van der Waals surface area contributed by atoms with Gasteiger partial charge in [-0.15, -0.1) is 10.2 Å². The van der Waals surface area contributed by atoms with Gasteiger partial charge in [0.2, 0.25) is 0 Å². The van der Waals surface area contributed by atoms with Crippen molar-refractivity contribution in [2.24, 2.45) is 0 Å². The van der Waals surface area contributed by atoms with E-state index >= 15 is 0 Å². The van der Waals surface area contributed by atoms with Crippen LogP contribution < -0.4 is 20.5 Å². The molecule has 0 atom stereocenters. The van der Waals surface area contributed by atoms with Gasteiger partial charge in [-0.3, -0.25) is 15.0 Å². The summed E-state index contributed by atoms with van der Waals surface area (Å²) in [6.07, 6.45) is 2.89. The lowest BCUT2D eigenvalue weighted by molar-refractivity contribution is 0.101. The predicted molar refractivity (Wildman–Crippen MR) is 138 cm³/mol. The van der Waals surface area contributed by atoms with Crippen LogP contribution in [-0.4, -0.2) is 43.6 Å². The number of amides is 1. The number of carbonyl (C=O) groups excluding carboxylic acids is 1. The number of pyridine rings is 1. The lowest BCUT2D eigenvalue weighted by Gasteiger charge is -2.11. The molecule has 0 spiro atoms. The summed E-state index contributed by atoms with van der Waals surface area (Å²) in [5.74, 6) is 0.592. The monoisotopic (exact) mass is 516 g/mol. The molecule has 5 aromatic rings. The van der Waals surface area contributed by atoms with Crippen molar-refractivity contribution in [1.82, 2.24) is 24.5 Å². The van der Waals surface area contributed by atoms with E-state index in [2.05, 4.69) is 15.6 Å². The Balaban J connectivity index is 1.38. The van der Waals surface area contributed by atoms with Gasteiger partial charge in [0.1, 0.15) is 5.52 Å². The van der Waals surface area contributed by atoms with Crippen molar-refractivity contribution in [3.8, 4) is 22.6 Å². The number of benzene rings is 2. The van der Waals surface area contributed by atoms with E-state index in [1.54, 1.807) is 40.9 Å². The van der Waals surface area contributed by atoms with Gasteiger partial charge in [-0.05, 0) is 48.4 Å². The average Bonchev–Trinajstić information content (AvgIpc) is 3.13. The van der Waals surface area contributed by atoms with E-state index in [1.807, 2.05) is 19.1 Å². The maximum atomic E-state index is 13.2. The number of halogens is 1. The van der Waals surface area contributed by atoms with Gasteiger partial charge in [-0.25, -0.2) is 9.19 Å². The Morgan fingerprint density at radius 2 is 1.84 bits per heavy atom. The maximum Gasteiger partial charge on any atom is 0.299 e. The fourth-order valence-corrected chi connectivity index (χ4v) is 4.44. The zero-order chi connectivity index (χ0) is 25.5. The quantitative estimate of drug-likeness (QED) is 0.386. The maximum absolute atomic E-state index is 13.2. The smallest absolute Gasteiger partial charge is 0.299 e. The summed E-state index contributed by atoms with van der Waals surface area (Å²) < 4.78 is 14.0. The number of hydrogen-bond acceptors (Lipinski definition) is 7. The van der Waals surface area contributed by atoms with E-state index < -0.39 is 11.5 Å². The molecule has 0 bridgehead atoms. The fourth-order valence-electron chi connectivity index (χ4n) is 4.32. The molecule has 11 heteroatoms. The average molecular weight is 517 g/mol. The van der Waals surface area contributed by atoms with Crippen molar-refractivity contribution >= 4 is 34.2 Å². The molecule has 0 aliphatic carbocycles. The molecule has 0 saturated heterocycles. The Hall–Kier alpha value is -4.44. The summed E-state index contributed by atoms with van der Waals surface area (Å²) >= 11 is 6.06. The molecule has 37 heavy (non-hydrogen) atoms. The third kappa shape index (κ3) is 4.05. The largest absolute Gasteiger partial charge is 0.490 e. The number of nitrogens with one attached hydrogen (secondary N) is 1. The lowest BCUT2D eigenvalue weighted by atomic mass is 10.0. The summed E-state index contributed by atoms with van der Waals surface area (Å²) in [5, 5.41) is 13.9. The van der Waals surface area contributed by atoms with Crippen molar-refractivity contribution in [1.29, 1.82) is 0 Å². The Labute approximate surface area is 215 Å². The van der Waals surface area contributed by atoms with Crippen LogP contribution in [0.4, 0.5) is 0 Å². The molecule has 0 saturated carbocycles. The molecule has 1 N–H and O–H groups in total. The zero-order valence-corrected chi connectivity index (χ0v) is 20.5. The third-order valence-electron chi connectivity index (χ3n) is 6.15. The van der Waals surface area contributed by atoms with Gasteiger partial charge in [0.25, 0.3) is 11.5 Å². The molecule has 3 aromatic heterocycles. The van der Waals surface area contributed by atoms with Gasteiger partial charge in [0, 0.05) is 23.2 Å². The van der Waals surface area contributed by atoms with Gasteiger partial charge in [-0.2, -0.15) is 5.10 Å². The van der Waals surface area contributed by atoms with Crippen molar-refractivity contribution in [2.75, 3.05) is 18.6 Å². The fraction of sp³-hybridized carbons (Fsp3) is 0.192. The van der Waals surface area contributed by atoms with Gasteiger partial charge in [-0.1, -0.05) is 30.7 Å². The molecule has 1 aliphatic rings. The van der Waals surface area contributed by atoms with Crippen LogP contribution in [-0.2, 0) is 6.42 Å². The predicted octanol–water partition coefficient (Wildman–Crippen LogP) is 3.87. The molecular weight excluding hydrogens is 496 g/mol. The molecule has 1 amide bonds. The number of carbonyl (C=O) groups is 1. The summed E-state index contributed by atoms with van der Waals surface area (Å²) in [7, 11) is 0. The van der Waals surface area contributed by atoms with E-state index in [0.717, 1.165) is 27.9 Å². The Morgan fingerprint density at radius 3 is 2.62 bits per heavy atom. The Bertz CT molecular complexity index is 1730. The van der Waals surface area contributed by atoms with Gasteiger partial charge in [0.15, 0.2) is 22.7 Å². The molecular formula is C26H21ClN6O4. The molecule has 0 fully saturated rings. The number of ether oxygens (including phenoxy) is 2. The standard InChI is InChI=1S/C26H21ClN6O4/c1-2-18-22(15-4-7-17(27)8-5-15)24-29-28-23-19(33(24)30-18)10-11-32(26(23)35)31-25(34)16-6-9-20-21(14-16)37-13-3-12-36-20/h4-11,14H,2-3,12-13H2,1H3,(H,31,34). The SMILES string of the molecule is CCc1nn2c(nnc3c(=O)n(NC(=O)c4ccc5c(c4)OCCCO5)ccc32)c1-c1ccc(Cl)cc1. The van der Waals surface area contributed by atoms with Crippen molar-refractivity contribution in [3.63, 3.8) is 0 Å². The van der Waals surface area contributed by atoms with Crippen LogP contribution in [0.1, 0.15) is 29.4 Å². The molecule has 4 heterocycles. The molecule has 10 nitrogen and oxygen atoms in total. The van der Waals surface area contributed by atoms with Crippen LogP contribution in [0.2, 0.25) is 5.02 Å². The molecule has 186 valence electrons. The summed E-state index contributed by atoms with van der Waals surface area (Å²) in [5.41, 5.74) is 6.03. The second-order valence-electron chi connectivity index (χ2n) is 8.50. The second kappa shape index (κ2) is 9.21. The topological polar surface area (TPSA) is 113 Å². The van der Waals surface area contributed by atoms with E-state index in [4.69, 9.17) is 26.2 Å². The number of nitrogens with zero attached hydrogens (tertiary/aromatic N) is 5. The first kappa shape index (κ1) is 23.0. The minimum Gasteiger partial charge on any atom is -0.490 e. The van der Waals surface area contributed by atoms with Crippen LogP contribution in [0, 0.1) is 0 Å². The van der Waals surface area contributed by atoms with Crippen LogP contribution in [0.3, 0.4) is 0 Å². The Morgan fingerprint density at radius 1 is 1.05 bits per heavy atom. The highest BCUT2D eigenvalue weighted by molar-refractivity contribution is 6.30. The van der Waals surface area contributed by atoms with E-state index in [0.29, 0.717) is 52.9 Å². The van der Waals surface area contributed by atoms with Crippen LogP contribution in [0.25, 0.3) is 27.8 Å². The summed E-state index contributed by atoms with van der Waals surface area (Å²) in [6, 6.07) is 14.0. The van der Waals surface area contributed by atoms with Crippen molar-refractivity contribution < 1.29 is 14.3 Å². The lowest BCUT2D eigenvalue weighted by Crippen LogP contribution is -2.33. The van der Waals surface area contributed by atoms with E-state index in [-0.39, 0.29) is 5.52 Å². The summed E-state index contributed by atoms with van der Waals surface area (Å²) in [6.45, 7) is 3.05. The van der Waals surface area contributed by atoms with E-state index in [9.17, 15) is 9.59 Å². The highest BCUT2D eigenvalue weighted by Crippen LogP contribution is 2.31. The molecule has 0 unspecified atom stereocenters. The van der Waals surface area contributed by atoms with Crippen molar-refractivity contribution in [3.05, 3.63) is 81.4 Å². The number of fused-ring (bicyclic) bond motifs is 4. The Kier molecular flexibility index (Phi) is 5.72. The normalized spacial score (nSPS) is 13.0. The number of rotatable bonds is 4. The molecule has 6 rings (SSSR count). The third-order valence-corrected chi connectivity index (χ3v) is 6.40. The van der Waals surface area contributed by atoms with Crippen LogP contribution in [0.5, 0.6) is 11.5 Å². The van der Waals surface area contributed by atoms with Gasteiger partial charge in [0.05, 0.1) is 24.5 Å². The first-order valence-corrected chi connectivity index (χ1v) is 12.2. The molecule has 2 aromatic carbocycles. The van der Waals surface area contributed by atoms with Crippen LogP contribution >= 0.6 is 11.6 Å². The minimum atomic E-state index is -0.531. The highest BCUT2D eigenvalue weighted by Gasteiger charge is 2.20.